The van der Waals surface area contributed by atoms with Gasteiger partial charge < -0.3 is 5.73 Å². The van der Waals surface area contributed by atoms with Crippen LogP contribution in [0.15, 0.2) is 41.9 Å². The van der Waals surface area contributed by atoms with E-state index in [2.05, 4.69) is 11.1 Å². The lowest BCUT2D eigenvalue weighted by molar-refractivity contribution is 1.44. The van der Waals surface area contributed by atoms with Gasteiger partial charge in [0.1, 0.15) is 4.83 Å². The zero-order valence-electron chi connectivity index (χ0n) is 8.85. The minimum Gasteiger partial charge on any atom is -0.398 e. The first-order valence-electron chi connectivity index (χ1n) is 5.13. The topological polar surface area (TPSA) is 38.9 Å². The standard InChI is InChI=1S/C13H9ClN2S/c14-10-3-1-2-8(4-10)9-5-11-12(15)7-17-13(11)16-6-9/h1-7H,15H2. The van der Waals surface area contributed by atoms with Crippen molar-refractivity contribution in [2.75, 3.05) is 5.73 Å². The number of halogens is 1. The summed E-state index contributed by atoms with van der Waals surface area (Å²) < 4.78 is 0. The second-order valence-electron chi connectivity index (χ2n) is 3.78. The van der Waals surface area contributed by atoms with Crippen molar-refractivity contribution in [2.45, 2.75) is 0 Å². The van der Waals surface area contributed by atoms with Crippen molar-refractivity contribution in [1.82, 2.24) is 4.98 Å². The fourth-order valence-corrected chi connectivity index (χ4v) is 2.73. The molecule has 4 heteroatoms. The molecule has 0 aliphatic carbocycles. The number of hydrogen-bond donors (Lipinski definition) is 1. The van der Waals surface area contributed by atoms with Gasteiger partial charge in [-0.05, 0) is 23.8 Å². The summed E-state index contributed by atoms with van der Waals surface area (Å²) in [4.78, 5) is 5.37. The number of thiophene rings is 1. The first-order valence-corrected chi connectivity index (χ1v) is 6.38. The average molecular weight is 261 g/mol. The summed E-state index contributed by atoms with van der Waals surface area (Å²) >= 11 is 7.54. The predicted octanol–water partition coefficient (Wildman–Crippen LogP) is 4.20. The normalized spacial score (nSPS) is 10.9. The van der Waals surface area contributed by atoms with Crippen molar-refractivity contribution in [3.8, 4) is 11.1 Å². The van der Waals surface area contributed by atoms with Crippen LogP contribution in [0.3, 0.4) is 0 Å². The minimum atomic E-state index is 0.723. The van der Waals surface area contributed by atoms with E-state index in [0.717, 1.165) is 32.1 Å². The summed E-state index contributed by atoms with van der Waals surface area (Å²) in [6.07, 6.45) is 1.85. The number of fused-ring (bicyclic) bond motifs is 1. The smallest absolute Gasteiger partial charge is 0.125 e. The molecule has 0 amide bonds. The third-order valence-corrected chi connectivity index (χ3v) is 3.77. The summed E-state index contributed by atoms with van der Waals surface area (Å²) in [5.41, 5.74) is 8.76. The highest BCUT2D eigenvalue weighted by molar-refractivity contribution is 7.17. The van der Waals surface area contributed by atoms with Gasteiger partial charge in [0, 0.05) is 27.5 Å². The first kappa shape index (κ1) is 10.6. The molecule has 0 radical (unpaired) electrons. The van der Waals surface area contributed by atoms with Crippen LogP contribution in [0.4, 0.5) is 5.69 Å². The Morgan fingerprint density at radius 3 is 2.88 bits per heavy atom. The van der Waals surface area contributed by atoms with Gasteiger partial charge in [-0.15, -0.1) is 11.3 Å². The van der Waals surface area contributed by atoms with E-state index < -0.39 is 0 Å². The van der Waals surface area contributed by atoms with Gasteiger partial charge in [0.25, 0.3) is 0 Å². The largest absolute Gasteiger partial charge is 0.398 e. The van der Waals surface area contributed by atoms with Gasteiger partial charge in [0.2, 0.25) is 0 Å². The van der Waals surface area contributed by atoms with Gasteiger partial charge in [0.15, 0.2) is 0 Å². The first-order chi connectivity index (χ1) is 8.24. The van der Waals surface area contributed by atoms with E-state index in [4.69, 9.17) is 17.3 Å². The van der Waals surface area contributed by atoms with E-state index >= 15 is 0 Å². The molecule has 0 saturated carbocycles. The number of nitrogens with zero attached hydrogens (tertiary/aromatic N) is 1. The molecular formula is C13H9ClN2S. The zero-order chi connectivity index (χ0) is 11.8. The zero-order valence-corrected chi connectivity index (χ0v) is 10.4. The molecule has 2 heterocycles. The number of aromatic nitrogens is 1. The second-order valence-corrected chi connectivity index (χ2v) is 5.07. The highest BCUT2D eigenvalue weighted by atomic mass is 35.5. The number of nitrogen functional groups attached to an aromatic ring is 1. The summed E-state index contributed by atoms with van der Waals surface area (Å²) in [5, 5.41) is 3.65. The molecule has 0 fully saturated rings. The minimum absolute atomic E-state index is 0.723. The number of nitrogens with two attached hydrogens (primary N) is 1. The molecule has 0 spiro atoms. The second kappa shape index (κ2) is 4.02. The predicted molar refractivity (Wildman–Crippen MR) is 74.5 cm³/mol. The van der Waals surface area contributed by atoms with E-state index in [9.17, 15) is 0 Å². The summed E-state index contributed by atoms with van der Waals surface area (Å²) in [7, 11) is 0. The van der Waals surface area contributed by atoms with E-state index in [-0.39, 0.29) is 0 Å². The number of rotatable bonds is 1. The van der Waals surface area contributed by atoms with Crippen molar-refractivity contribution < 1.29 is 0 Å². The molecule has 0 bridgehead atoms. The lowest BCUT2D eigenvalue weighted by Gasteiger charge is -2.02. The molecule has 17 heavy (non-hydrogen) atoms. The Hall–Kier alpha value is -1.58. The van der Waals surface area contributed by atoms with Crippen LogP contribution in [0.5, 0.6) is 0 Å². The van der Waals surface area contributed by atoms with Crippen LogP contribution in [0.2, 0.25) is 5.02 Å². The third-order valence-electron chi connectivity index (χ3n) is 2.62. The Balaban J connectivity index is 2.20. The Morgan fingerprint density at radius 2 is 2.06 bits per heavy atom. The Bertz CT molecular complexity index is 691. The van der Waals surface area contributed by atoms with Gasteiger partial charge in [-0.3, -0.25) is 0 Å². The van der Waals surface area contributed by atoms with Crippen LogP contribution >= 0.6 is 22.9 Å². The molecule has 0 unspecified atom stereocenters. The highest BCUT2D eigenvalue weighted by Crippen LogP contribution is 2.30. The fourth-order valence-electron chi connectivity index (χ4n) is 1.76. The van der Waals surface area contributed by atoms with Gasteiger partial charge in [-0.1, -0.05) is 23.7 Å². The fraction of sp³-hybridized carbons (Fsp3) is 0. The van der Waals surface area contributed by atoms with Crippen molar-refractivity contribution in [3.05, 3.63) is 46.9 Å². The highest BCUT2D eigenvalue weighted by Gasteiger charge is 2.05. The van der Waals surface area contributed by atoms with E-state index in [1.165, 1.54) is 0 Å². The van der Waals surface area contributed by atoms with E-state index in [1.807, 2.05) is 35.8 Å². The molecule has 3 aromatic rings. The SMILES string of the molecule is Nc1csc2ncc(-c3cccc(Cl)c3)cc12. The van der Waals surface area contributed by atoms with Gasteiger partial charge in [0.05, 0.1) is 5.69 Å². The van der Waals surface area contributed by atoms with Gasteiger partial charge in [-0.25, -0.2) is 4.98 Å². The van der Waals surface area contributed by atoms with Crippen molar-refractivity contribution in [3.63, 3.8) is 0 Å². The third kappa shape index (κ3) is 1.88. The van der Waals surface area contributed by atoms with Crippen molar-refractivity contribution in [2.24, 2.45) is 0 Å². The maximum Gasteiger partial charge on any atom is 0.125 e. The molecule has 84 valence electrons. The van der Waals surface area contributed by atoms with Crippen LogP contribution < -0.4 is 5.73 Å². The molecule has 3 rings (SSSR count). The molecule has 1 aromatic carbocycles. The van der Waals surface area contributed by atoms with Crippen LogP contribution in [0.25, 0.3) is 21.3 Å². The number of hydrogen-bond acceptors (Lipinski definition) is 3. The Labute approximate surface area is 108 Å². The average Bonchev–Trinajstić information content (AvgIpc) is 2.71. The molecule has 0 atom stereocenters. The quantitative estimate of drug-likeness (QED) is 0.712. The van der Waals surface area contributed by atoms with Crippen LogP contribution in [0.1, 0.15) is 0 Å². The van der Waals surface area contributed by atoms with Gasteiger partial charge >= 0.3 is 0 Å². The van der Waals surface area contributed by atoms with Crippen LogP contribution in [-0.4, -0.2) is 4.98 Å². The monoisotopic (exact) mass is 260 g/mol. The Kier molecular flexibility index (Phi) is 2.50. The Morgan fingerprint density at radius 1 is 1.18 bits per heavy atom. The molecule has 0 aliphatic heterocycles. The summed E-state index contributed by atoms with van der Waals surface area (Å²) in [6.45, 7) is 0. The summed E-state index contributed by atoms with van der Waals surface area (Å²) in [6, 6.07) is 9.78. The number of anilines is 1. The van der Waals surface area contributed by atoms with Crippen LogP contribution in [-0.2, 0) is 0 Å². The molecular weight excluding hydrogens is 252 g/mol. The lowest BCUT2D eigenvalue weighted by atomic mass is 10.1. The van der Waals surface area contributed by atoms with Crippen molar-refractivity contribution >= 4 is 38.8 Å². The molecule has 2 N–H and O–H groups in total. The van der Waals surface area contributed by atoms with Crippen LogP contribution in [0, 0.1) is 0 Å². The molecule has 2 nitrogen and oxygen atoms in total. The molecule has 2 aromatic heterocycles. The number of pyridine rings is 1. The molecule has 0 saturated heterocycles. The van der Waals surface area contributed by atoms with E-state index in [0.29, 0.717) is 0 Å². The van der Waals surface area contributed by atoms with Gasteiger partial charge in [-0.2, -0.15) is 0 Å². The lowest BCUT2D eigenvalue weighted by Crippen LogP contribution is -1.84. The maximum absolute atomic E-state index is 5.98. The van der Waals surface area contributed by atoms with Crippen molar-refractivity contribution in [1.29, 1.82) is 0 Å². The van der Waals surface area contributed by atoms with E-state index in [1.54, 1.807) is 11.3 Å². The maximum atomic E-state index is 5.98. The number of benzene rings is 1. The molecule has 0 aliphatic rings. The summed E-state index contributed by atoms with van der Waals surface area (Å²) in [5.74, 6) is 0.